The quantitative estimate of drug-likeness (QED) is 0.608. The van der Waals surface area contributed by atoms with Gasteiger partial charge in [-0.3, -0.25) is 14.9 Å². The Balaban J connectivity index is 0.00000225. The zero-order valence-corrected chi connectivity index (χ0v) is 9.02. The summed E-state index contributed by atoms with van der Waals surface area (Å²) in [5, 5.41) is 19.0. The van der Waals surface area contributed by atoms with Crippen molar-refractivity contribution in [3.8, 4) is 0 Å². The summed E-state index contributed by atoms with van der Waals surface area (Å²) in [6.07, 6.45) is 0.0804. The van der Waals surface area contributed by atoms with Crippen LogP contribution in [-0.2, 0) is 11.2 Å². The fourth-order valence-corrected chi connectivity index (χ4v) is 1.14. The molecule has 0 radical (unpaired) electrons. The Morgan fingerprint density at radius 1 is 1.56 bits per heavy atom. The molecule has 0 aromatic heterocycles. The summed E-state index contributed by atoms with van der Waals surface area (Å²) >= 11 is 0. The number of nitro benzene ring substituents is 1. The summed E-state index contributed by atoms with van der Waals surface area (Å²) in [4.78, 5) is 20.4. The summed E-state index contributed by atoms with van der Waals surface area (Å²) in [5.74, 6) is -1.12. The Labute approximate surface area is 97.6 Å². The summed E-state index contributed by atoms with van der Waals surface area (Å²) in [7, 11) is 0. The van der Waals surface area contributed by atoms with Crippen LogP contribution in [0.4, 0.5) is 5.69 Å². The number of rotatable bonds is 4. The van der Waals surface area contributed by atoms with Crippen molar-refractivity contribution >= 4 is 24.1 Å². The molecule has 7 heteroatoms. The number of nitro groups is 1. The van der Waals surface area contributed by atoms with E-state index in [2.05, 4.69) is 0 Å². The van der Waals surface area contributed by atoms with Crippen molar-refractivity contribution in [2.75, 3.05) is 0 Å². The molecule has 0 aliphatic carbocycles. The first-order valence-electron chi connectivity index (χ1n) is 4.22. The van der Waals surface area contributed by atoms with E-state index in [4.69, 9.17) is 10.8 Å². The highest BCUT2D eigenvalue weighted by molar-refractivity contribution is 5.85. The third kappa shape index (κ3) is 3.84. The van der Waals surface area contributed by atoms with E-state index in [-0.39, 0.29) is 24.5 Å². The van der Waals surface area contributed by atoms with E-state index in [0.717, 1.165) is 0 Å². The van der Waals surface area contributed by atoms with Crippen molar-refractivity contribution in [3.05, 3.63) is 39.9 Å². The summed E-state index contributed by atoms with van der Waals surface area (Å²) in [6, 6.07) is 4.74. The van der Waals surface area contributed by atoms with Gasteiger partial charge in [0.05, 0.1) is 4.92 Å². The van der Waals surface area contributed by atoms with Gasteiger partial charge >= 0.3 is 5.97 Å². The van der Waals surface area contributed by atoms with Gasteiger partial charge in [0.25, 0.3) is 5.69 Å². The highest BCUT2D eigenvalue weighted by Gasteiger charge is 2.13. The van der Waals surface area contributed by atoms with Crippen molar-refractivity contribution < 1.29 is 14.8 Å². The molecule has 6 nitrogen and oxygen atoms in total. The summed E-state index contributed by atoms with van der Waals surface area (Å²) in [6.45, 7) is 0. The molecule has 0 heterocycles. The molecule has 3 N–H and O–H groups in total. The lowest BCUT2D eigenvalue weighted by atomic mass is 10.1. The normalized spacial score (nSPS) is 11.3. The number of nitrogens with zero attached hydrogens (tertiary/aromatic N) is 1. The van der Waals surface area contributed by atoms with Crippen LogP contribution in [0, 0.1) is 10.1 Å². The second-order valence-electron chi connectivity index (χ2n) is 3.08. The Hall–Kier alpha value is -1.66. The van der Waals surface area contributed by atoms with Gasteiger partial charge in [0.15, 0.2) is 0 Å². The van der Waals surface area contributed by atoms with Crippen molar-refractivity contribution in [2.24, 2.45) is 5.73 Å². The van der Waals surface area contributed by atoms with Gasteiger partial charge in [0.1, 0.15) is 6.04 Å². The second-order valence-corrected chi connectivity index (χ2v) is 3.08. The largest absolute Gasteiger partial charge is 0.480 e. The van der Waals surface area contributed by atoms with Crippen molar-refractivity contribution in [2.45, 2.75) is 12.5 Å². The maximum atomic E-state index is 10.5. The molecule has 1 rings (SSSR count). The van der Waals surface area contributed by atoms with E-state index in [9.17, 15) is 14.9 Å². The topological polar surface area (TPSA) is 106 Å². The highest BCUT2D eigenvalue weighted by atomic mass is 35.5. The van der Waals surface area contributed by atoms with Crippen LogP contribution >= 0.6 is 12.4 Å². The van der Waals surface area contributed by atoms with E-state index in [1.54, 1.807) is 6.07 Å². The third-order valence-corrected chi connectivity index (χ3v) is 1.89. The molecule has 16 heavy (non-hydrogen) atoms. The van der Waals surface area contributed by atoms with Crippen LogP contribution in [-0.4, -0.2) is 22.0 Å². The fraction of sp³-hybridized carbons (Fsp3) is 0.222. The van der Waals surface area contributed by atoms with E-state index < -0.39 is 16.9 Å². The van der Waals surface area contributed by atoms with Crippen LogP contribution in [0.3, 0.4) is 0 Å². The zero-order valence-electron chi connectivity index (χ0n) is 8.20. The van der Waals surface area contributed by atoms with Gasteiger partial charge < -0.3 is 10.8 Å². The summed E-state index contributed by atoms with van der Waals surface area (Å²) < 4.78 is 0. The SMILES string of the molecule is Cl.NC(Cc1cccc([N+](=O)[O-])c1)C(=O)O. The number of hydrogen-bond donors (Lipinski definition) is 2. The van der Waals surface area contributed by atoms with Crippen molar-refractivity contribution in [3.63, 3.8) is 0 Å². The molecule has 0 bridgehead atoms. The predicted molar refractivity (Wildman–Crippen MR) is 59.7 cm³/mol. The van der Waals surface area contributed by atoms with Crippen molar-refractivity contribution in [1.29, 1.82) is 0 Å². The molecule has 1 aromatic rings. The molecular formula is C9H11ClN2O4. The number of hydrogen-bond acceptors (Lipinski definition) is 4. The third-order valence-electron chi connectivity index (χ3n) is 1.89. The van der Waals surface area contributed by atoms with E-state index in [1.807, 2.05) is 0 Å². The molecule has 0 spiro atoms. The molecule has 0 fully saturated rings. The van der Waals surface area contributed by atoms with E-state index in [0.29, 0.717) is 5.56 Å². The average molecular weight is 247 g/mol. The van der Waals surface area contributed by atoms with Gasteiger partial charge in [-0.15, -0.1) is 12.4 Å². The van der Waals surface area contributed by atoms with Gasteiger partial charge in [-0.05, 0) is 12.0 Å². The van der Waals surface area contributed by atoms with Crippen LogP contribution in [0.2, 0.25) is 0 Å². The smallest absolute Gasteiger partial charge is 0.320 e. The lowest BCUT2D eigenvalue weighted by Crippen LogP contribution is -2.32. The number of benzene rings is 1. The molecule has 1 atom stereocenters. The Morgan fingerprint density at radius 2 is 2.19 bits per heavy atom. The lowest BCUT2D eigenvalue weighted by Gasteiger charge is -2.05. The molecule has 0 aliphatic heterocycles. The minimum Gasteiger partial charge on any atom is -0.480 e. The molecule has 0 aliphatic rings. The zero-order chi connectivity index (χ0) is 11.4. The van der Waals surface area contributed by atoms with Crippen LogP contribution in [0.15, 0.2) is 24.3 Å². The standard InChI is InChI=1S/C9H10N2O4.ClH/c10-8(9(12)13)5-6-2-1-3-7(4-6)11(14)15;/h1-4,8H,5,10H2,(H,12,13);1H. The maximum Gasteiger partial charge on any atom is 0.320 e. The first-order chi connectivity index (χ1) is 7.00. The Bertz CT molecular complexity index is 397. The first-order valence-corrected chi connectivity index (χ1v) is 4.22. The highest BCUT2D eigenvalue weighted by Crippen LogP contribution is 2.14. The van der Waals surface area contributed by atoms with E-state index >= 15 is 0 Å². The number of halogens is 1. The number of carboxylic acids is 1. The van der Waals surface area contributed by atoms with Gasteiger partial charge in [0, 0.05) is 12.1 Å². The Kier molecular flexibility index (Phi) is 5.41. The number of nitrogens with two attached hydrogens (primary N) is 1. The number of carbonyl (C=O) groups is 1. The van der Waals surface area contributed by atoms with Crippen LogP contribution in [0.25, 0.3) is 0 Å². The van der Waals surface area contributed by atoms with Crippen LogP contribution in [0.1, 0.15) is 5.56 Å². The maximum absolute atomic E-state index is 10.5. The predicted octanol–water partition coefficient (Wildman–Crippen LogP) is 0.971. The van der Waals surface area contributed by atoms with Gasteiger partial charge in [-0.1, -0.05) is 12.1 Å². The fourth-order valence-electron chi connectivity index (χ4n) is 1.14. The first kappa shape index (κ1) is 14.3. The number of non-ortho nitro benzene ring substituents is 1. The molecule has 88 valence electrons. The molecule has 0 amide bonds. The van der Waals surface area contributed by atoms with E-state index in [1.165, 1.54) is 18.2 Å². The summed E-state index contributed by atoms with van der Waals surface area (Å²) in [5.41, 5.74) is 5.78. The van der Waals surface area contributed by atoms with Crippen LogP contribution < -0.4 is 5.73 Å². The molecule has 1 aromatic carbocycles. The Morgan fingerprint density at radius 3 is 2.69 bits per heavy atom. The number of carboxylic acid groups (broad SMARTS) is 1. The van der Waals surface area contributed by atoms with Crippen LogP contribution in [0.5, 0.6) is 0 Å². The second kappa shape index (κ2) is 6.04. The average Bonchev–Trinajstić information content (AvgIpc) is 2.18. The minimum absolute atomic E-state index is 0. The van der Waals surface area contributed by atoms with Gasteiger partial charge in [-0.25, -0.2) is 0 Å². The molecule has 0 saturated carbocycles. The van der Waals surface area contributed by atoms with Gasteiger partial charge in [0.2, 0.25) is 0 Å². The van der Waals surface area contributed by atoms with Gasteiger partial charge in [-0.2, -0.15) is 0 Å². The minimum atomic E-state index is -1.12. The van der Waals surface area contributed by atoms with Crippen molar-refractivity contribution in [1.82, 2.24) is 0 Å². The number of aliphatic carboxylic acids is 1. The molecule has 0 saturated heterocycles. The molecule has 1 unspecified atom stereocenters. The lowest BCUT2D eigenvalue weighted by molar-refractivity contribution is -0.384. The monoisotopic (exact) mass is 246 g/mol. The molecular weight excluding hydrogens is 236 g/mol.